The number of para-hydroxylation sites is 1. The van der Waals surface area contributed by atoms with E-state index in [9.17, 15) is 0 Å². The summed E-state index contributed by atoms with van der Waals surface area (Å²) in [7, 11) is 0. The lowest BCUT2D eigenvalue weighted by molar-refractivity contribution is 0.669. The summed E-state index contributed by atoms with van der Waals surface area (Å²) >= 11 is 1.83. The molecule has 4 heterocycles. The molecule has 4 nitrogen and oxygen atoms in total. The number of nitrogens with zero attached hydrogens (tertiary/aromatic N) is 3. The van der Waals surface area contributed by atoms with Crippen molar-refractivity contribution in [3.8, 4) is 56.3 Å². The standard InChI is InChI=1S/C45H27N3OS/c1-2-11-28(12-3-1)38-27-39(31-14-10-13-30(25-31)37-17-8-9-24-46-37)48-45(47-38)36-23-22-32(43-35-16-4-6-18-40(35)49-44(36)43)29-20-21-34-33-15-5-7-19-41(33)50-42(34)26-29/h1-27H. The summed E-state index contributed by atoms with van der Waals surface area (Å²) in [5, 5.41) is 4.71. The van der Waals surface area contributed by atoms with Gasteiger partial charge in [-0.2, -0.15) is 0 Å². The zero-order valence-electron chi connectivity index (χ0n) is 26.7. The van der Waals surface area contributed by atoms with Gasteiger partial charge in [-0.15, -0.1) is 11.3 Å². The minimum Gasteiger partial charge on any atom is -0.455 e. The summed E-state index contributed by atoms with van der Waals surface area (Å²) in [5.41, 5.74) is 10.4. The van der Waals surface area contributed by atoms with Crippen LogP contribution in [0.1, 0.15) is 0 Å². The molecule has 0 aliphatic rings. The first-order valence-electron chi connectivity index (χ1n) is 16.6. The van der Waals surface area contributed by atoms with Gasteiger partial charge in [0.15, 0.2) is 5.82 Å². The molecule has 0 unspecified atom stereocenters. The summed E-state index contributed by atoms with van der Waals surface area (Å²) in [4.78, 5) is 15.0. The molecule has 4 aromatic heterocycles. The molecule has 0 saturated heterocycles. The van der Waals surface area contributed by atoms with Crippen LogP contribution >= 0.6 is 11.3 Å². The monoisotopic (exact) mass is 657 g/mol. The smallest absolute Gasteiger partial charge is 0.164 e. The van der Waals surface area contributed by atoms with Crippen LogP contribution in [0.15, 0.2) is 168 Å². The van der Waals surface area contributed by atoms with Crippen LogP contribution in [0.4, 0.5) is 0 Å². The van der Waals surface area contributed by atoms with Crippen molar-refractivity contribution in [1.82, 2.24) is 15.0 Å². The highest BCUT2D eigenvalue weighted by molar-refractivity contribution is 7.25. The summed E-state index contributed by atoms with van der Waals surface area (Å²) < 4.78 is 9.28. The predicted molar refractivity (Wildman–Crippen MR) is 207 cm³/mol. The fourth-order valence-electron chi connectivity index (χ4n) is 6.98. The van der Waals surface area contributed by atoms with E-state index in [0.29, 0.717) is 5.82 Å². The topological polar surface area (TPSA) is 51.8 Å². The van der Waals surface area contributed by atoms with Gasteiger partial charge in [0.05, 0.1) is 22.6 Å². The number of rotatable bonds is 5. The summed E-state index contributed by atoms with van der Waals surface area (Å²) in [5.74, 6) is 0.611. The Bertz CT molecular complexity index is 2870. The zero-order valence-corrected chi connectivity index (χ0v) is 27.6. The van der Waals surface area contributed by atoms with Crippen molar-refractivity contribution in [1.29, 1.82) is 0 Å². The van der Waals surface area contributed by atoms with Crippen LogP contribution in [0.3, 0.4) is 0 Å². The second kappa shape index (κ2) is 11.6. The average molecular weight is 658 g/mol. The predicted octanol–water partition coefficient (Wildman–Crippen LogP) is 12.5. The van der Waals surface area contributed by atoms with Gasteiger partial charge in [-0.1, -0.05) is 109 Å². The van der Waals surface area contributed by atoms with Crippen molar-refractivity contribution in [2.45, 2.75) is 0 Å². The maximum Gasteiger partial charge on any atom is 0.164 e. The van der Waals surface area contributed by atoms with E-state index in [1.165, 1.54) is 20.2 Å². The fourth-order valence-corrected chi connectivity index (χ4v) is 8.13. The van der Waals surface area contributed by atoms with Crippen LogP contribution < -0.4 is 0 Å². The molecule has 0 aliphatic heterocycles. The lowest BCUT2D eigenvalue weighted by atomic mass is 9.96. The maximum absolute atomic E-state index is 6.72. The fraction of sp³-hybridized carbons (Fsp3) is 0. The molecule has 0 aliphatic carbocycles. The Morgan fingerprint density at radius 2 is 1.14 bits per heavy atom. The Morgan fingerprint density at radius 3 is 2.00 bits per heavy atom. The third kappa shape index (κ3) is 4.79. The molecule has 234 valence electrons. The van der Waals surface area contributed by atoms with E-state index in [0.717, 1.165) is 72.4 Å². The molecular formula is C45H27N3OS. The van der Waals surface area contributed by atoms with Gasteiger partial charge in [0.25, 0.3) is 0 Å². The molecule has 0 N–H and O–H groups in total. The lowest BCUT2D eigenvalue weighted by Crippen LogP contribution is -1.97. The highest BCUT2D eigenvalue weighted by atomic mass is 32.1. The molecule has 0 bridgehead atoms. The molecule has 0 fully saturated rings. The van der Waals surface area contributed by atoms with Crippen molar-refractivity contribution in [3.05, 3.63) is 164 Å². The van der Waals surface area contributed by atoms with E-state index >= 15 is 0 Å². The van der Waals surface area contributed by atoms with E-state index in [-0.39, 0.29) is 0 Å². The van der Waals surface area contributed by atoms with Crippen LogP contribution in [0, 0.1) is 0 Å². The number of benzene rings is 6. The first-order valence-corrected chi connectivity index (χ1v) is 17.4. The van der Waals surface area contributed by atoms with Gasteiger partial charge >= 0.3 is 0 Å². The van der Waals surface area contributed by atoms with Crippen LogP contribution in [0.2, 0.25) is 0 Å². The minimum absolute atomic E-state index is 0.611. The SMILES string of the molecule is c1ccc(-c2cc(-c3cccc(-c4ccccn4)c3)nc(-c3ccc(-c4ccc5c(c4)sc4ccccc45)c4c3oc3ccccc34)n2)cc1. The first-order chi connectivity index (χ1) is 24.8. The van der Waals surface area contributed by atoms with Crippen molar-refractivity contribution < 1.29 is 4.42 Å². The zero-order chi connectivity index (χ0) is 33.0. The van der Waals surface area contributed by atoms with Crippen LogP contribution in [-0.4, -0.2) is 15.0 Å². The summed E-state index contributed by atoms with van der Waals surface area (Å²) in [6.45, 7) is 0. The Morgan fingerprint density at radius 1 is 0.440 bits per heavy atom. The second-order valence-electron chi connectivity index (χ2n) is 12.4. The molecule has 5 heteroatoms. The number of furan rings is 1. The molecule has 10 rings (SSSR count). The van der Waals surface area contributed by atoms with Crippen molar-refractivity contribution in [2.24, 2.45) is 0 Å². The third-order valence-electron chi connectivity index (χ3n) is 9.37. The van der Waals surface area contributed by atoms with E-state index in [4.69, 9.17) is 14.4 Å². The highest BCUT2D eigenvalue weighted by Crippen LogP contribution is 2.43. The minimum atomic E-state index is 0.611. The van der Waals surface area contributed by atoms with Gasteiger partial charge in [-0.3, -0.25) is 4.98 Å². The Labute approximate surface area is 292 Å². The van der Waals surface area contributed by atoms with E-state index in [1.54, 1.807) is 0 Å². The maximum atomic E-state index is 6.72. The number of thiophene rings is 1. The number of fused-ring (bicyclic) bond motifs is 6. The van der Waals surface area contributed by atoms with Crippen LogP contribution in [0.25, 0.3) is 98.4 Å². The summed E-state index contributed by atoms with van der Waals surface area (Å²) in [6.07, 6.45) is 1.82. The molecule has 0 radical (unpaired) electrons. The van der Waals surface area contributed by atoms with Gasteiger partial charge in [0, 0.05) is 53.8 Å². The lowest BCUT2D eigenvalue weighted by Gasteiger charge is -2.12. The van der Waals surface area contributed by atoms with Gasteiger partial charge < -0.3 is 4.42 Å². The number of hydrogen-bond acceptors (Lipinski definition) is 5. The number of hydrogen-bond donors (Lipinski definition) is 0. The van der Waals surface area contributed by atoms with Gasteiger partial charge in [0.1, 0.15) is 11.2 Å². The van der Waals surface area contributed by atoms with Crippen molar-refractivity contribution in [3.63, 3.8) is 0 Å². The molecule has 0 amide bonds. The van der Waals surface area contributed by atoms with Gasteiger partial charge in [-0.05, 0) is 59.7 Å². The molecule has 50 heavy (non-hydrogen) atoms. The Kier molecular flexibility index (Phi) is 6.64. The number of aromatic nitrogens is 3. The number of pyridine rings is 1. The molecule has 6 aromatic carbocycles. The largest absolute Gasteiger partial charge is 0.455 e. The molecule has 0 atom stereocenters. The highest BCUT2D eigenvalue weighted by Gasteiger charge is 2.21. The van der Waals surface area contributed by atoms with E-state index in [1.807, 2.05) is 66.1 Å². The molecule has 10 aromatic rings. The summed E-state index contributed by atoms with van der Waals surface area (Å²) in [6, 6.07) is 54.7. The second-order valence-corrected chi connectivity index (χ2v) is 13.5. The van der Waals surface area contributed by atoms with Crippen molar-refractivity contribution >= 4 is 53.4 Å². The normalized spacial score (nSPS) is 11.6. The Balaban J connectivity index is 1.19. The van der Waals surface area contributed by atoms with E-state index < -0.39 is 0 Å². The van der Waals surface area contributed by atoms with E-state index in [2.05, 4.69) is 114 Å². The van der Waals surface area contributed by atoms with Crippen LogP contribution in [-0.2, 0) is 0 Å². The quantitative estimate of drug-likeness (QED) is 0.185. The molecular weight excluding hydrogens is 631 g/mol. The Hall–Kier alpha value is -6.43. The van der Waals surface area contributed by atoms with Crippen molar-refractivity contribution in [2.75, 3.05) is 0 Å². The van der Waals surface area contributed by atoms with Crippen LogP contribution in [0.5, 0.6) is 0 Å². The first kappa shape index (κ1) is 28.6. The van der Waals surface area contributed by atoms with Gasteiger partial charge in [0.2, 0.25) is 0 Å². The molecule has 0 saturated carbocycles. The molecule has 0 spiro atoms. The average Bonchev–Trinajstić information content (AvgIpc) is 3.77. The third-order valence-corrected chi connectivity index (χ3v) is 10.5. The van der Waals surface area contributed by atoms with Gasteiger partial charge in [-0.25, -0.2) is 9.97 Å².